The van der Waals surface area contributed by atoms with E-state index in [2.05, 4.69) is 0 Å². The zero-order chi connectivity index (χ0) is 15.0. The summed E-state index contributed by atoms with van der Waals surface area (Å²) < 4.78 is 0. The molecular formula is C16H24N2O2. The SMILES string of the molecule is CCC(=O)N(CCc1ccccc1)C(=O)C[C@H](N)CC. The predicted molar refractivity (Wildman–Crippen MR) is 80.0 cm³/mol. The Labute approximate surface area is 121 Å². The van der Waals surface area contributed by atoms with Gasteiger partial charge in [0.05, 0.1) is 0 Å². The van der Waals surface area contributed by atoms with E-state index in [0.717, 1.165) is 12.0 Å². The second-order valence-electron chi connectivity index (χ2n) is 4.90. The number of imide groups is 1. The fraction of sp³-hybridized carbons (Fsp3) is 0.500. The van der Waals surface area contributed by atoms with Gasteiger partial charge in [-0.3, -0.25) is 14.5 Å². The molecule has 0 aromatic heterocycles. The van der Waals surface area contributed by atoms with Crippen LogP contribution in [0.5, 0.6) is 0 Å². The number of hydrogen-bond donors (Lipinski definition) is 1. The van der Waals surface area contributed by atoms with Crippen LogP contribution >= 0.6 is 0 Å². The van der Waals surface area contributed by atoms with Crippen LogP contribution in [0.25, 0.3) is 0 Å². The fourth-order valence-corrected chi connectivity index (χ4v) is 1.94. The summed E-state index contributed by atoms with van der Waals surface area (Å²) >= 11 is 0. The van der Waals surface area contributed by atoms with Crippen molar-refractivity contribution >= 4 is 11.8 Å². The first-order valence-corrected chi connectivity index (χ1v) is 7.21. The van der Waals surface area contributed by atoms with Crippen LogP contribution < -0.4 is 5.73 Å². The van der Waals surface area contributed by atoms with Gasteiger partial charge >= 0.3 is 0 Å². The minimum Gasteiger partial charge on any atom is -0.327 e. The van der Waals surface area contributed by atoms with Gasteiger partial charge in [-0.05, 0) is 18.4 Å². The second kappa shape index (κ2) is 8.48. The quantitative estimate of drug-likeness (QED) is 0.829. The van der Waals surface area contributed by atoms with Crippen LogP contribution in [0.2, 0.25) is 0 Å². The molecule has 0 aliphatic carbocycles. The van der Waals surface area contributed by atoms with E-state index in [1.807, 2.05) is 37.3 Å². The average molecular weight is 276 g/mol. The summed E-state index contributed by atoms with van der Waals surface area (Å²) in [5, 5.41) is 0. The van der Waals surface area contributed by atoms with E-state index >= 15 is 0 Å². The maximum Gasteiger partial charge on any atom is 0.230 e. The molecule has 0 bridgehead atoms. The molecule has 20 heavy (non-hydrogen) atoms. The van der Waals surface area contributed by atoms with Gasteiger partial charge in [-0.25, -0.2) is 0 Å². The lowest BCUT2D eigenvalue weighted by atomic mass is 10.1. The first-order chi connectivity index (χ1) is 9.58. The molecule has 1 aromatic carbocycles. The van der Waals surface area contributed by atoms with Gasteiger partial charge in [0.2, 0.25) is 11.8 Å². The van der Waals surface area contributed by atoms with Crippen LogP contribution in [0.3, 0.4) is 0 Å². The molecule has 4 heteroatoms. The highest BCUT2D eigenvalue weighted by molar-refractivity contribution is 5.95. The van der Waals surface area contributed by atoms with Crippen molar-refractivity contribution in [2.24, 2.45) is 5.73 Å². The fourth-order valence-electron chi connectivity index (χ4n) is 1.94. The number of hydrogen-bond acceptors (Lipinski definition) is 3. The molecule has 2 N–H and O–H groups in total. The van der Waals surface area contributed by atoms with Gasteiger partial charge in [0.25, 0.3) is 0 Å². The smallest absolute Gasteiger partial charge is 0.230 e. The predicted octanol–water partition coefficient (Wildman–Crippen LogP) is 2.12. The summed E-state index contributed by atoms with van der Waals surface area (Å²) in [7, 11) is 0. The number of carbonyl (C=O) groups excluding carboxylic acids is 2. The first-order valence-electron chi connectivity index (χ1n) is 7.21. The van der Waals surface area contributed by atoms with Crippen molar-refractivity contribution < 1.29 is 9.59 Å². The Balaban J connectivity index is 2.65. The van der Waals surface area contributed by atoms with Crippen molar-refractivity contribution in [3.05, 3.63) is 35.9 Å². The summed E-state index contributed by atoms with van der Waals surface area (Å²) in [6.45, 7) is 4.13. The van der Waals surface area contributed by atoms with Crippen molar-refractivity contribution in [2.75, 3.05) is 6.54 Å². The van der Waals surface area contributed by atoms with E-state index in [9.17, 15) is 9.59 Å². The van der Waals surface area contributed by atoms with E-state index in [0.29, 0.717) is 19.4 Å². The molecule has 4 nitrogen and oxygen atoms in total. The molecule has 0 aliphatic rings. The zero-order valence-corrected chi connectivity index (χ0v) is 12.3. The lowest BCUT2D eigenvalue weighted by Gasteiger charge is -2.22. The Kier molecular flexibility index (Phi) is 6.94. The molecule has 0 spiro atoms. The van der Waals surface area contributed by atoms with Crippen LogP contribution in [0.15, 0.2) is 30.3 Å². The molecule has 0 radical (unpaired) electrons. The van der Waals surface area contributed by atoms with Crippen molar-refractivity contribution in [3.8, 4) is 0 Å². The summed E-state index contributed by atoms with van der Waals surface area (Å²) in [6.07, 6.45) is 1.98. The molecule has 0 aliphatic heterocycles. The molecule has 0 heterocycles. The van der Waals surface area contributed by atoms with Gasteiger partial charge in [0, 0.05) is 25.4 Å². The van der Waals surface area contributed by atoms with E-state index in [1.165, 1.54) is 4.90 Å². The standard InChI is InChI=1S/C16H24N2O2/c1-3-14(17)12-16(20)18(15(19)4-2)11-10-13-8-6-5-7-9-13/h5-9,14H,3-4,10-12,17H2,1-2H3/t14-/m1/s1. The number of carbonyl (C=O) groups is 2. The Bertz CT molecular complexity index is 431. The third kappa shape index (κ3) is 5.13. The van der Waals surface area contributed by atoms with Crippen LogP contribution in [0, 0.1) is 0 Å². The van der Waals surface area contributed by atoms with Crippen LogP contribution in [0.1, 0.15) is 38.7 Å². The Hall–Kier alpha value is -1.68. The lowest BCUT2D eigenvalue weighted by molar-refractivity contribution is -0.144. The molecule has 1 aromatic rings. The second-order valence-corrected chi connectivity index (χ2v) is 4.90. The van der Waals surface area contributed by atoms with Crippen molar-refractivity contribution in [1.29, 1.82) is 0 Å². The molecular weight excluding hydrogens is 252 g/mol. The van der Waals surface area contributed by atoms with Crippen LogP contribution in [-0.2, 0) is 16.0 Å². The summed E-state index contributed by atoms with van der Waals surface area (Å²) in [4.78, 5) is 25.4. The third-order valence-corrected chi connectivity index (χ3v) is 3.33. The van der Waals surface area contributed by atoms with E-state index < -0.39 is 0 Å². The van der Waals surface area contributed by atoms with E-state index in [4.69, 9.17) is 5.73 Å². The summed E-state index contributed by atoms with van der Waals surface area (Å²) in [5.41, 5.74) is 6.92. The van der Waals surface area contributed by atoms with Gasteiger partial charge in [0.15, 0.2) is 0 Å². The highest BCUT2D eigenvalue weighted by atomic mass is 16.2. The molecule has 0 unspecified atom stereocenters. The van der Waals surface area contributed by atoms with Gasteiger partial charge in [-0.2, -0.15) is 0 Å². The third-order valence-electron chi connectivity index (χ3n) is 3.33. The molecule has 0 saturated carbocycles. The van der Waals surface area contributed by atoms with E-state index in [-0.39, 0.29) is 24.3 Å². The van der Waals surface area contributed by atoms with E-state index in [1.54, 1.807) is 6.92 Å². The Morgan fingerprint density at radius 3 is 2.35 bits per heavy atom. The normalized spacial score (nSPS) is 11.9. The Morgan fingerprint density at radius 2 is 1.80 bits per heavy atom. The zero-order valence-electron chi connectivity index (χ0n) is 12.3. The molecule has 110 valence electrons. The van der Waals surface area contributed by atoms with Gasteiger partial charge in [-0.1, -0.05) is 44.2 Å². The summed E-state index contributed by atoms with van der Waals surface area (Å²) in [5.74, 6) is -0.295. The van der Waals surface area contributed by atoms with Crippen molar-refractivity contribution in [3.63, 3.8) is 0 Å². The number of amides is 2. The number of benzene rings is 1. The van der Waals surface area contributed by atoms with Gasteiger partial charge < -0.3 is 5.73 Å². The monoisotopic (exact) mass is 276 g/mol. The Morgan fingerprint density at radius 1 is 1.15 bits per heavy atom. The number of nitrogens with zero attached hydrogens (tertiary/aromatic N) is 1. The van der Waals surface area contributed by atoms with Crippen LogP contribution in [-0.4, -0.2) is 29.3 Å². The molecule has 0 fully saturated rings. The van der Waals surface area contributed by atoms with Gasteiger partial charge in [-0.15, -0.1) is 0 Å². The maximum atomic E-state index is 12.2. The van der Waals surface area contributed by atoms with Crippen LogP contribution in [0.4, 0.5) is 0 Å². The maximum absolute atomic E-state index is 12.2. The number of nitrogens with two attached hydrogens (primary N) is 1. The van der Waals surface area contributed by atoms with Gasteiger partial charge in [0.1, 0.15) is 0 Å². The highest BCUT2D eigenvalue weighted by Gasteiger charge is 2.21. The highest BCUT2D eigenvalue weighted by Crippen LogP contribution is 2.06. The topological polar surface area (TPSA) is 63.4 Å². The minimum absolute atomic E-state index is 0.130. The lowest BCUT2D eigenvalue weighted by Crippen LogP contribution is -2.40. The molecule has 0 saturated heterocycles. The minimum atomic E-state index is -0.175. The van der Waals surface area contributed by atoms with Crippen molar-refractivity contribution in [2.45, 2.75) is 45.6 Å². The van der Waals surface area contributed by atoms with Crippen molar-refractivity contribution in [1.82, 2.24) is 4.90 Å². The first kappa shape index (κ1) is 16.4. The molecule has 1 rings (SSSR count). The molecule has 2 amide bonds. The average Bonchev–Trinajstić information content (AvgIpc) is 2.47. The molecule has 1 atom stereocenters. The summed E-state index contributed by atoms with van der Waals surface area (Å²) in [6, 6.07) is 9.68. The number of rotatable bonds is 7. The largest absolute Gasteiger partial charge is 0.327 e.